The van der Waals surface area contributed by atoms with Gasteiger partial charge in [-0.3, -0.25) is 14.2 Å². The molecular weight excluding hydrogens is 450 g/mol. The Hall–Kier alpha value is -3.91. The Morgan fingerprint density at radius 1 is 1.12 bits per heavy atom. The molecular formula is C26H21N3O4S. The molecule has 34 heavy (non-hydrogen) atoms. The second-order valence-electron chi connectivity index (χ2n) is 8.60. The molecule has 1 amide bonds. The molecule has 2 aromatic carbocycles. The van der Waals surface area contributed by atoms with Gasteiger partial charge in [-0.05, 0) is 44.2 Å². The van der Waals surface area contributed by atoms with Crippen molar-refractivity contribution in [3.8, 4) is 5.75 Å². The SMILES string of the molecule is Cc1ccc(/C=c2\sc3n(c2=O)C2c4ccccc4OC(C)(N=3)C2C(=O)Nc2ccccc2)o1. The lowest BCUT2D eigenvalue weighted by Crippen LogP contribution is -2.59. The lowest BCUT2D eigenvalue weighted by Gasteiger charge is -2.45. The Labute approximate surface area is 198 Å². The second kappa shape index (κ2) is 7.56. The quantitative estimate of drug-likeness (QED) is 0.497. The number of aryl methyl sites for hydroxylation is 1. The first-order valence-corrected chi connectivity index (χ1v) is 11.8. The summed E-state index contributed by atoms with van der Waals surface area (Å²) < 4.78 is 14.1. The number of thiazole rings is 1. The van der Waals surface area contributed by atoms with Gasteiger partial charge in [0.2, 0.25) is 11.6 Å². The maximum Gasteiger partial charge on any atom is 0.271 e. The molecule has 0 saturated heterocycles. The number of carbonyl (C=O) groups is 1. The minimum atomic E-state index is -1.17. The van der Waals surface area contributed by atoms with Crippen LogP contribution < -0.4 is 24.9 Å². The number of nitrogens with one attached hydrogen (secondary N) is 1. The summed E-state index contributed by atoms with van der Waals surface area (Å²) in [5, 5.41) is 2.98. The Bertz CT molecular complexity index is 1600. The zero-order valence-corrected chi connectivity index (χ0v) is 19.3. The first-order valence-electron chi connectivity index (χ1n) is 11.0. The van der Waals surface area contributed by atoms with Gasteiger partial charge in [0.05, 0.1) is 10.6 Å². The Kier molecular flexibility index (Phi) is 4.60. The van der Waals surface area contributed by atoms with Gasteiger partial charge in [0.15, 0.2) is 4.80 Å². The maximum absolute atomic E-state index is 13.6. The fraction of sp³-hybridized carbons (Fsp3) is 0.192. The van der Waals surface area contributed by atoms with E-state index < -0.39 is 17.7 Å². The molecule has 0 radical (unpaired) electrons. The molecule has 6 rings (SSSR count). The number of rotatable bonds is 3. The number of hydrogen-bond donors (Lipinski definition) is 1. The van der Waals surface area contributed by atoms with E-state index >= 15 is 0 Å². The van der Waals surface area contributed by atoms with E-state index in [1.807, 2.05) is 73.7 Å². The molecule has 0 fully saturated rings. The highest BCUT2D eigenvalue weighted by Gasteiger charge is 2.55. The summed E-state index contributed by atoms with van der Waals surface area (Å²) in [5.41, 5.74) is 0.0742. The van der Waals surface area contributed by atoms with Crippen LogP contribution >= 0.6 is 11.3 Å². The summed E-state index contributed by atoms with van der Waals surface area (Å²) in [7, 11) is 0. The van der Waals surface area contributed by atoms with Crippen molar-refractivity contribution in [1.82, 2.24) is 4.57 Å². The van der Waals surface area contributed by atoms with Crippen molar-refractivity contribution in [2.45, 2.75) is 25.6 Å². The normalized spacial score (nSPS) is 22.8. The number of nitrogens with zero attached hydrogens (tertiary/aromatic N) is 2. The number of hydrogen-bond acceptors (Lipinski definition) is 6. The van der Waals surface area contributed by atoms with Crippen LogP contribution in [-0.2, 0) is 4.79 Å². The fourth-order valence-electron chi connectivity index (χ4n) is 4.75. The molecule has 8 heteroatoms. The van der Waals surface area contributed by atoms with Gasteiger partial charge < -0.3 is 14.5 Å². The fourth-order valence-corrected chi connectivity index (χ4v) is 5.82. The highest BCUT2D eigenvalue weighted by molar-refractivity contribution is 7.07. The summed E-state index contributed by atoms with van der Waals surface area (Å²) in [6.07, 6.45) is 1.72. The molecule has 0 aliphatic carbocycles. The van der Waals surface area contributed by atoms with Crippen LogP contribution in [0.15, 0.2) is 80.9 Å². The van der Waals surface area contributed by atoms with Gasteiger partial charge in [-0.2, -0.15) is 0 Å². The van der Waals surface area contributed by atoms with Crippen LogP contribution in [0, 0.1) is 12.8 Å². The van der Waals surface area contributed by atoms with E-state index in [4.69, 9.17) is 14.1 Å². The van der Waals surface area contributed by atoms with Gasteiger partial charge in [0.1, 0.15) is 23.2 Å². The zero-order valence-electron chi connectivity index (χ0n) is 18.5. The van der Waals surface area contributed by atoms with E-state index in [0.717, 1.165) is 11.3 Å². The van der Waals surface area contributed by atoms with Crippen molar-refractivity contribution >= 4 is 29.0 Å². The number of anilines is 1. The molecule has 2 bridgehead atoms. The van der Waals surface area contributed by atoms with E-state index in [-0.39, 0.29) is 11.5 Å². The first-order chi connectivity index (χ1) is 16.4. The van der Waals surface area contributed by atoms with Crippen LogP contribution in [0.1, 0.15) is 30.0 Å². The number of aromatic nitrogens is 1. The number of ether oxygens (including phenoxy) is 1. The minimum Gasteiger partial charge on any atom is -0.465 e. The molecule has 1 N–H and O–H groups in total. The van der Waals surface area contributed by atoms with Crippen molar-refractivity contribution < 1.29 is 13.9 Å². The largest absolute Gasteiger partial charge is 0.465 e. The van der Waals surface area contributed by atoms with Crippen LogP contribution in [0.4, 0.5) is 5.69 Å². The van der Waals surface area contributed by atoms with Crippen LogP contribution in [0.2, 0.25) is 0 Å². The number of amides is 1. The van der Waals surface area contributed by atoms with E-state index in [1.165, 1.54) is 11.3 Å². The first kappa shape index (κ1) is 20.7. The molecule has 2 aliphatic rings. The van der Waals surface area contributed by atoms with E-state index in [9.17, 15) is 9.59 Å². The number of benzene rings is 2. The third-order valence-corrected chi connectivity index (χ3v) is 7.22. The lowest BCUT2D eigenvalue weighted by molar-refractivity contribution is -0.131. The van der Waals surface area contributed by atoms with Crippen LogP contribution in [0.5, 0.6) is 5.75 Å². The standard InChI is InChI=1S/C26H21N3O4S/c1-15-12-13-17(32-15)14-20-24(31)29-22-18-10-6-7-11-19(18)33-26(2,28-25(29)34-20)21(22)23(30)27-16-8-4-3-5-9-16/h3-14,21-22H,1-2H3,(H,27,30)/b20-14-. The molecule has 3 unspecified atom stereocenters. The summed E-state index contributed by atoms with van der Waals surface area (Å²) in [6.45, 7) is 3.66. The van der Waals surface area contributed by atoms with Crippen LogP contribution in [-0.4, -0.2) is 16.2 Å². The molecule has 2 aromatic heterocycles. The maximum atomic E-state index is 13.6. The number of fused-ring (bicyclic) bond motifs is 6. The van der Waals surface area contributed by atoms with E-state index in [0.29, 0.717) is 26.5 Å². The van der Waals surface area contributed by atoms with Crippen LogP contribution in [0.25, 0.3) is 6.08 Å². The summed E-state index contributed by atoms with van der Waals surface area (Å²) in [5.74, 6) is 0.978. The topological polar surface area (TPSA) is 85.8 Å². The molecule has 170 valence electrons. The van der Waals surface area contributed by atoms with Gasteiger partial charge in [0.25, 0.3) is 5.56 Å². The molecule has 4 heterocycles. The van der Waals surface area contributed by atoms with Crippen molar-refractivity contribution in [1.29, 1.82) is 0 Å². The van der Waals surface area contributed by atoms with E-state index in [1.54, 1.807) is 17.6 Å². The monoisotopic (exact) mass is 471 g/mol. The Morgan fingerprint density at radius 2 is 1.88 bits per heavy atom. The molecule has 3 atom stereocenters. The summed E-state index contributed by atoms with van der Waals surface area (Å²) in [4.78, 5) is 32.6. The summed E-state index contributed by atoms with van der Waals surface area (Å²) >= 11 is 1.27. The smallest absolute Gasteiger partial charge is 0.271 e. The number of carbonyl (C=O) groups excluding carboxylic acids is 1. The Balaban J connectivity index is 1.55. The molecule has 2 aliphatic heterocycles. The van der Waals surface area contributed by atoms with Gasteiger partial charge in [-0.15, -0.1) is 0 Å². The number of para-hydroxylation sites is 2. The van der Waals surface area contributed by atoms with Crippen LogP contribution in [0.3, 0.4) is 0 Å². The van der Waals surface area contributed by atoms with Gasteiger partial charge in [-0.1, -0.05) is 47.7 Å². The third kappa shape index (κ3) is 3.21. The zero-order chi connectivity index (χ0) is 23.4. The predicted molar refractivity (Wildman–Crippen MR) is 129 cm³/mol. The number of furan rings is 1. The third-order valence-electron chi connectivity index (χ3n) is 6.24. The second-order valence-corrected chi connectivity index (χ2v) is 9.61. The van der Waals surface area contributed by atoms with Gasteiger partial charge in [0, 0.05) is 17.3 Å². The van der Waals surface area contributed by atoms with Gasteiger partial charge in [-0.25, -0.2) is 4.99 Å². The highest BCUT2D eigenvalue weighted by atomic mass is 32.1. The Morgan fingerprint density at radius 3 is 2.65 bits per heavy atom. The lowest BCUT2D eigenvalue weighted by atomic mass is 9.80. The van der Waals surface area contributed by atoms with Crippen molar-refractivity contribution in [2.24, 2.45) is 10.9 Å². The highest BCUT2D eigenvalue weighted by Crippen LogP contribution is 2.47. The average molecular weight is 472 g/mol. The molecule has 0 spiro atoms. The van der Waals surface area contributed by atoms with Crippen molar-refractivity contribution in [2.75, 3.05) is 5.32 Å². The molecule has 0 saturated carbocycles. The molecule has 4 aromatic rings. The van der Waals surface area contributed by atoms with Crippen molar-refractivity contribution in [3.05, 3.63) is 104 Å². The summed E-state index contributed by atoms with van der Waals surface area (Å²) in [6, 6.07) is 19.9. The van der Waals surface area contributed by atoms with Gasteiger partial charge >= 0.3 is 0 Å². The van der Waals surface area contributed by atoms with E-state index in [2.05, 4.69) is 5.32 Å². The minimum absolute atomic E-state index is 0.209. The molecule has 7 nitrogen and oxygen atoms in total. The predicted octanol–water partition coefficient (Wildman–Crippen LogP) is 3.23. The average Bonchev–Trinajstić information content (AvgIpc) is 3.35. The van der Waals surface area contributed by atoms with Crippen molar-refractivity contribution in [3.63, 3.8) is 0 Å².